The highest BCUT2D eigenvalue weighted by Gasteiger charge is 2.15. The van der Waals surface area contributed by atoms with Crippen molar-refractivity contribution in [2.45, 2.75) is 60.8 Å². The maximum atomic E-state index is 2.40. The van der Waals surface area contributed by atoms with Gasteiger partial charge in [0.25, 0.3) is 0 Å². The maximum Gasteiger partial charge on any atom is -0.0318 e. The summed E-state index contributed by atoms with van der Waals surface area (Å²) in [7, 11) is 0. The molecule has 2 unspecified atom stereocenters. The van der Waals surface area contributed by atoms with Gasteiger partial charge in [0.05, 0.1) is 0 Å². The van der Waals surface area contributed by atoms with Crippen LogP contribution in [-0.4, -0.2) is 0 Å². The molecule has 0 fully saturated rings. The van der Waals surface area contributed by atoms with Crippen molar-refractivity contribution in [2.75, 3.05) is 0 Å². The molecule has 0 aliphatic rings. The van der Waals surface area contributed by atoms with E-state index in [1.165, 1.54) is 19.3 Å². The normalized spacial score (nSPS) is 17.2. The lowest BCUT2D eigenvalue weighted by molar-refractivity contribution is 0.281. The highest BCUT2D eigenvalue weighted by atomic mass is 14.2. The molecule has 0 N–H and O–H groups in total. The van der Waals surface area contributed by atoms with E-state index in [1.807, 2.05) is 0 Å². The molecule has 0 bridgehead atoms. The van der Waals surface area contributed by atoms with Crippen LogP contribution in [0, 0.1) is 17.8 Å². The zero-order valence-electron chi connectivity index (χ0n) is 10.9. The molecule has 14 heavy (non-hydrogen) atoms. The van der Waals surface area contributed by atoms with E-state index in [0.717, 1.165) is 17.8 Å². The molecular weight excluding hydrogens is 168 g/mol. The van der Waals surface area contributed by atoms with Gasteiger partial charge >= 0.3 is 0 Å². The van der Waals surface area contributed by atoms with E-state index in [0.29, 0.717) is 0 Å². The molecule has 0 radical (unpaired) electrons. The molecule has 2 atom stereocenters. The Balaban J connectivity index is 3.89. The second-order valence-electron chi connectivity index (χ2n) is 4.92. The number of allylic oxidation sites excluding steroid dienone is 2. The molecule has 0 spiro atoms. The minimum absolute atomic E-state index is 0.820. The minimum atomic E-state index is 0.820. The third kappa shape index (κ3) is 4.83. The molecule has 84 valence electrons. The van der Waals surface area contributed by atoms with Crippen LogP contribution in [0.25, 0.3) is 0 Å². The second-order valence-corrected chi connectivity index (χ2v) is 4.92. The Labute approximate surface area is 90.8 Å². The van der Waals surface area contributed by atoms with Crippen molar-refractivity contribution < 1.29 is 0 Å². The Kier molecular flexibility index (Phi) is 6.96. The highest BCUT2D eigenvalue weighted by molar-refractivity contribution is 4.99. The van der Waals surface area contributed by atoms with Gasteiger partial charge < -0.3 is 0 Å². The van der Waals surface area contributed by atoms with Gasteiger partial charge in [-0.2, -0.15) is 0 Å². The van der Waals surface area contributed by atoms with Gasteiger partial charge in [-0.1, -0.05) is 46.3 Å². The van der Waals surface area contributed by atoms with Crippen molar-refractivity contribution in [3.63, 3.8) is 0 Å². The van der Waals surface area contributed by atoms with Gasteiger partial charge in [-0.15, -0.1) is 0 Å². The van der Waals surface area contributed by atoms with Crippen LogP contribution in [0.5, 0.6) is 0 Å². The first kappa shape index (κ1) is 13.7. The van der Waals surface area contributed by atoms with Crippen molar-refractivity contribution in [1.82, 2.24) is 0 Å². The third-order valence-electron chi connectivity index (χ3n) is 3.73. The fraction of sp³-hybridized carbons (Fsp3) is 0.857. The quantitative estimate of drug-likeness (QED) is 0.521. The van der Waals surface area contributed by atoms with Crippen molar-refractivity contribution in [1.29, 1.82) is 0 Å². The molecule has 0 aromatic carbocycles. The zero-order chi connectivity index (χ0) is 11.1. The molecule has 0 heteroatoms. The summed E-state index contributed by atoms with van der Waals surface area (Å²) in [6.45, 7) is 13.9. The summed E-state index contributed by atoms with van der Waals surface area (Å²) in [6, 6.07) is 0. The van der Waals surface area contributed by atoms with Crippen molar-refractivity contribution in [2.24, 2.45) is 17.8 Å². The van der Waals surface area contributed by atoms with E-state index in [9.17, 15) is 0 Å². The lowest BCUT2D eigenvalue weighted by Crippen LogP contribution is -2.14. The monoisotopic (exact) mass is 196 g/mol. The largest absolute Gasteiger partial charge is 0.0885 e. The lowest BCUT2D eigenvalue weighted by atomic mass is 9.82. The molecule has 0 saturated carbocycles. The molecular formula is C14H28. The maximum absolute atomic E-state index is 2.40. The fourth-order valence-electron chi connectivity index (χ4n) is 1.86. The van der Waals surface area contributed by atoms with Gasteiger partial charge in [0.1, 0.15) is 0 Å². The van der Waals surface area contributed by atoms with Gasteiger partial charge in [0.15, 0.2) is 0 Å². The first-order valence-electron chi connectivity index (χ1n) is 6.16. The molecule has 0 aliphatic carbocycles. The van der Waals surface area contributed by atoms with Gasteiger partial charge in [0, 0.05) is 0 Å². The molecule has 0 saturated heterocycles. The smallest absolute Gasteiger partial charge is 0.0318 e. The van der Waals surface area contributed by atoms with Gasteiger partial charge in [0.2, 0.25) is 0 Å². The number of hydrogen-bond donors (Lipinski definition) is 0. The Morgan fingerprint density at radius 3 is 2.07 bits per heavy atom. The predicted octanol–water partition coefficient (Wildman–Crippen LogP) is 5.05. The summed E-state index contributed by atoms with van der Waals surface area (Å²) < 4.78 is 0. The lowest BCUT2D eigenvalue weighted by Gasteiger charge is -2.23. The first-order chi connectivity index (χ1) is 6.52. The van der Waals surface area contributed by atoms with Crippen LogP contribution in [0.2, 0.25) is 0 Å². The molecule has 0 rings (SSSR count). The summed E-state index contributed by atoms with van der Waals surface area (Å²) in [5.41, 5.74) is 1.62. The summed E-state index contributed by atoms with van der Waals surface area (Å²) in [5, 5.41) is 0. The van der Waals surface area contributed by atoms with Gasteiger partial charge in [-0.05, 0) is 43.9 Å². The van der Waals surface area contributed by atoms with E-state index >= 15 is 0 Å². The van der Waals surface area contributed by atoms with E-state index < -0.39 is 0 Å². The number of rotatable bonds is 6. The molecule has 0 aromatic heterocycles. The van der Waals surface area contributed by atoms with Crippen LogP contribution >= 0.6 is 0 Å². The molecule has 0 aromatic rings. The summed E-state index contributed by atoms with van der Waals surface area (Å²) in [6.07, 6.45) is 6.16. The second kappa shape index (κ2) is 7.09. The molecule has 0 heterocycles. The minimum Gasteiger partial charge on any atom is -0.0885 e. The number of hydrogen-bond acceptors (Lipinski definition) is 0. The van der Waals surface area contributed by atoms with Crippen molar-refractivity contribution >= 4 is 0 Å². The topological polar surface area (TPSA) is 0 Å². The first-order valence-corrected chi connectivity index (χ1v) is 6.16. The molecule has 0 amide bonds. The third-order valence-corrected chi connectivity index (χ3v) is 3.73. The fourth-order valence-corrected chi connectivity index (χ4v) is 1.86. The van der Waals surface area contributed by atoms with Crippen molar-refractivity contribution in [3.8, 4) is 0 Å². The van der Waals surface area contributed by atoms with Crippen molar-refractivity contribution in [3.05, 3.63) is 11.6 Å². The predicted molar refractivity (Wildman–Crippen MR) is 66.4 cm³/mol. The van der Waals surface area contributed by atoms with E-state index in [1.54, 1.807) is 5.57 Å². The van der Waals surface area contributed by atoms with Crippen LogP contribution in [0.3, 0.4) is 0 Å². The van der Waals surface area contributed by atoms with Crippen LogP contribution in [-0.2, 0) is 0 Å². The highest BCUT2D eigenvalue weighted by Crippen LogP contribution is 2.25. The standard InChI is InChI=1S/C14H28/c1-7-14(8-2)10-9-12(5)13(6)11(3)4/h7,11-13H,8-10H2,1-6H3. The Hall–Kier alpha value is -0.260. The SMILES string of the molecule is CC=C(CC)CCC(C)C(C)C(C)C. The Bertz CT molecular complexity index is 165. The van der Waals surface area contributed by atoms with E-state index in [-0.39, 0.29) is 0 Å². The van der Waals surface area contributed by atoms with E-state index in [4.69, 9.17) is 0 Å². The van der Waals surface area contributed by atoms with Crippen LogP contribution in [0.15, 0.2) is 11.6 Å². The molecule has 0 aliphatic heterocycles. The van der Waals surface area contributed by atoms with Crippen LogP contribution in [0.1, 0.15) is 60.8 Å². The zero-order valence-corrected chi connectivity index (χ0v) is 10.9. The average molecular weight is 196 g/mol. The van der Waals surface area contributed by atoms with Crippen LogP contribution < -0.4 is 0 Å². The summed E-state index contributed by atoms with van der Waals surface area (Å²) >= 11 is 0. The summed E-state index contributed by atoms with van der Waals surface area (Å²) in [4.78, 5) is 0. The van der Waals surface area contributed by atoms with Gasteiger partial charge in [-0.25, -0.2) is 0 Å². The van der Waals surface area contributed by atoms with E-state index in [2.05, 4.69) is 47.6 Å². The molecule has 0 nitrogen and oxygen atoms in total. The Morgan fingerprint density at radius 1 is 1.14 bits per heavy atom. The summed E-state index contributed by atoms with van der Waals surface area (Å²) in [5.74, 6) is 2.53. The average Bonchev–Trinajstić information content (AvgIpc) is 2.17. The van der Waals surface area contributed by atoms with Crippen LogP contribution in [0.4, 0.5) is 0 Å². The Morgan fingerprint density at radius 2 is 1.71 bits per heavy atom. The van der Waals surface area contributed by atoms with Gasteiger partial charge in [-0.3, -0.25) is 0 Å².